The van der Waals surface area contributed by atoms with E-state index in [1.165, 1.54) is 0 Å². The number of rotatable bonds is 5. The molecule has 0 aliphatic heterocycles. The highest BCUT2D eigenvalue weighted by Crippen LogP contribution is 1.78. The van der Waals surface area contributed by atoms with Gasteiger partial charge in [-0.3, -0.25) is 0 Å². The second-order valence-electron chi connectivity index (χ2n) is 1.98. The summed E-state index contributed by atoms with van der Waals surface area (Å²) in [5.41, 5.74) is 5.58. The fourth-order valence-electron chi connectivity index (χ4n) is 0.590. The molecule has 0 rings (SSSR count). The van der Waals surface area contributed by atoms with Gasteiger partial charge in [-0.2, -0.15) is 0 Å². The van der Waals surface area contributed by atoms with Crippen LogP contribution < -0.4 is 11.1 Å². The summed E-state index contributed by atoms with van der Waals surface area (Å²) in [6, 6.07) is 0.134. The third-order valence-electron chi connectivity index (χ3n) is 1.00. The maximum Gasteiger partial charge on any atom is 0.0629 e. The molecule has 0 aromatic carbocycles. The summed E-state index contributed by atoms with van der Waals surface area (Å²) in [5, 5.41) is 2.97. The van der Waals surface area contributed by atoms with E-state index in [1.54, 1.807) is 0 Å². The lowest BCUT2D eigenvalue weighted by atomic mass is 10.3. The van der Waals surface area contributed by atoms with Crippen molar-refractivity contribution in [2.24, 2.45) is 5.73 Å². The molecule has 0 radical (unpaired) electrons. The second-order valence-corrected chi connectivity index (χ2v) is 1.98. The topological polar surface area (TPSA) is 47.3 Å². The van der Waals surface area contributed by atoms with E-state index >= 15 is 0 Å². The molecular formula is C6H16N2O. The van der Waals surface area contributed by atoms with Crippen LogP contribution in [0.1, 0.15) is 6.92 Å². The Labute approximate surface area is 56.6 Å². The molecule has 0 aromatic heterocycles. The lowest BCUT2D eigenvalue weighted by Crippen LogP contribution is -2.35. The third-order valence-corrected chi connectivity index (χ3v) is 1.00. The van der Waals surface area contributed by atoms with Crippen molar-refractivity contribution in [1.29, 1.82) is 0 Å². The van der Waals surface area contributed by atoms with Crippen LogP contribution in [0.3, 0.4) is 0 Å². The van der Waals surface area contributed by atoms with Gasteiger partial charge in [-0.15, -0.1) is 0 Å². The van der Waals surface area contributed by atoms with Crippen molar-refractivity contribution in [1.82, 2.24) is 5.32 Å². The zero-order valence-corrected chi connectivity index (χ0v) is 6.18. The van der Waals surface area contributed by atoms with E-state index in [2.05, 4.69) is 5.32 Å². The van der Waals surface area contributed by atoms with Crippen molar-refractivity contribution in [2.75, 3.05) is 26.8 Å². The number of ether oxygens (including phenoxy) is 1. The van der Waals surface area contributed by atoms with Gasteiger partial charge in [0.2, 0.25) is 0 Å². The van der Waals surface area contributed by atoms with E-state index in [9.17, 15) is 0 Å². The molecule has 3 nitrogen and oxygen atoms in total. The quantitative estimate of drug-likeness (QED) is 0.533. The molecule has 3 N–H and O–H groups in total. The van der Waals surface area contributed by atoms with Gasteiger partial charge in [0.05, 0.1) is 6.61 Å². The third kappa shape index (κ3) is 5.76. The summed E-state index contributed by atoms with van der Waals surface area (Å²) in [6.45, 7) is 4.18. The molecule has 0 bridgehead atoms. The first-order valence-corrected chi connectivity index (χ1v) is 3.29. The Hall–Kier alpha value is -0.120. The van der Waals surface area contributed by atoms with E-state index in [4.69, 9.17) is 10.5 Å². The summed E-state index contributed by atoms with van der Waals surface area (Å²) in [5.74, 6) is 0. The van der Waals surface area contributed by atoms with E-state index < -0.39 is 0 Å². The normalized spacial score (nSPS) is 13.7. The molecule has 3 heteroatoms. The molecule has 1 atom stereocenters. The largest absolute Gasteiger partial charge is 0.380 e. The fraction of sp³-hybridized carbons (Fsp3) is 1.00. The number of likely N-dealkylation sites (N-methyl/N-ethyl adjacent to an activating group) is 1. The molecule has 0 fully saturated rings. The number of nitrogens with one attached hydrogen (secondary N) is 1. The van der Waals surface area contributed by atoms with Crippen LogP contribution in [-0.4, -0.2) is 32.8 Å². The van der Waals surface area contributed by atoms with Crippen LogP contribution in [0.2, 0.25) is 0 Å². The van der Waals surface area contributed by atoms with Gasteiger partial charge in [0.15, 0.2) is 0 Å². The molecule has 0 aromatic rings. The van der Waals surface area contributed by atoms with Gasteiger partial charge in [-0.05, 0) is 14.0 Å². The first kappa shape index (κ1) is 8.88. The Morgan fingerprint density at radius 2 is 2.33 bits per heavy atom. The van der Waals surface area contributed by atoms with Gasteiger partial charge in [0.25, 0.3) is 0 Å². The summed E-state index contributed by atoms with van der Waals surface area (Å²) < 4.78 is 5.08. The minimum Gasteiger partial charge on any atom is -0.380 e. The van der Waals surface area contributed by atoms with Crippen LogP contribution in [0.15, 0.2) is 0 Å². The Kier molecular flexibility index (Phi) is 5.93. The summed E-state index contributed by atoms with van der Waals surface area (Å²) in [4.78, 5) is 0. The zero-order valence-electron chi connectivity index (χ0n) is 6.18. The summed E-state index contributed by atoms with van der Waals surface area (Å²) >= 11 is 0. The molecule has 1 unspecified atom stereocenters. The molecular weight excluding hydrogens is 116 g/mol. The SMILES string of the molecule is CCOCC(N)CNC. The van der Waals surface area contributed by atoms with E-state index in [1.807, 2.05) is 14.0 Å². The van der Waals surface area contributed by atoms with Crippen LogP contribution in [-0.2, 0) is 4.74 Å². The van der Waals surface area contributed by atoms with E-state index in [0.29, 0.717) is 6.61 Å². The van der Waals surface area contributed by atoms with Gasteiger partial charge in [0, 0.05) is 19.2 Å². The van der Waals surface area contributed by atoms with E-state index in [0.717, 1.165) is 13.2 Å². The Balaban J connectivity index is 2.95. The molecule has 0 aliphatic carbocycles. The molecule has 56 valence electrons. The number of nitrogens with two attached hydrogens (primary N) is 1. The molecule has 0 aliphatic rings. The predicted octanol–water partition coefficient (Wildman–Crippen LogP) is -0.430. The van der Waals surface area contributed by atoms with Crippen LogP contribution in [0.4, 0.5) is 0 Å². The monoisotopic (exact) mass is 132 g/mol. The first-order valence-electron chi connectivity index (χ1n) is 3.29. The highest BCUT2D eigenvalue weighted by atomic mass is 16.5. The van der Waals surface area contributed by atoms with Crippen LogP contribution >= 0.6 is 0 Å². The zero-order chi connectivity index (χ0) is 7.11. The lowest BCUT2D eigenvalue weighted by Gasteiger charge is -2.09. The Morgan fingerprint density at radius 3 is 2.78 bits per heavy atom. The van der Waals surface area contributed by atoms with Crippen molar-refractivity contribution >= 4 is 0 Å². The Bertz CT molecular complexity index is 59.0. The van der Waals surface area contributed by atoms with Gasteiger partial charge >= 0.3 is 0 Å². The van der Waals surface area contributed by atoms with Gasteiger partial charge in [0.1, 0.15) is 0 Å². The summed E-state index contributed by atoms with van der Waals surface area (Å²) in [6.07, 6.45) is 0. The second kappa shape index (κ2) is 6.01. The maximum absolute atomic E-state index is 5.58. The number of hydrogen-bond donors (Lipinski definition) is 2. The average Bonchev–Trinajstić information content (AvgIpc) is 1.85. The molecule has 0 spiro atoms. The van der Waals surface area contributed by atoms with Crippen LogP contribution in [0.25, 0.3) is 0 Å². The molecule has 0 amide bonds. The van der Waals surface area contributed by atoms with Crippen LogP contribution in [0.5, 0.6) is 0 Å². The lowest BCUT2D eigenvalue weighted by molar-refractivity contribution is 0.133. The van der Waals surface area contributed by atoms with Gasteiger partial charge < -0.3 is 15.8 Å². The van der Waals surface area contributed by atoms with E-state index in [-0.39, 0.29) is 6.04 Å². The van der Waals surface area contributed by atoms with Crippen molar-refractivity contribution in [3.05, 3.63) is 0 Å². The number of hydrogen-bond acceptors (Lipinski definition) is 3. The molecule has 0 heterocycles. The Morgan fingerprint density at radius 1 is 1.67 bits per heavy atom. The molecule has 0 saturated heterocycles. The highest BCUT2D eigenvalue weighted by molar-refractivity contribution is 4.60. The van der Waals surface area contributed by atoms with Gasteiger partial charge in [-0.25, -0.2) is 0 Å². The minimum atomic E-state index is 0.134. The first-order chi connectivity index (χ1) is 4.31. The fourth-order valence-corrected chi connectivity index (χ4v) is 0.590. The van der Waals surface area contributed by atoms with Crippen molar-refractivity contribution in [3.63, 3.8) is 0 Å². The van der Waals surface area contributed by atoms with Crippen LogP contribution in [0, 0.1) is 0 Å². The summed E-state index contributed by atoms with van der Waals surface area (Å²) in [7, 11) is 1.88. The molecule has 9 heavy (non-hydrogen) atoms. The van der Waals surface area contributed by atoms with Crippen molar-refractivity contribution < 1.29 is 4.74 Å². The molecule has 0 saturated carbocycles. The average molecular weight is 132 g/mol. The predicted molar refractivity (Wildman–Crippen MR) is 38.4 cm³/mol. The van der Waals surface area contributed by atoms with Crippen molar-refractivity contribution in [2.45, 2.75) is 13.0 Å². The van der Waals surface area contributed by atoms with Gasteiger partial charge in [-0.1, -0.05) is 0 Å². The minimum absolute atomic E-state index is 0.134. The highest BCUT2D eigenvalue weighted by Gasteiger charge is 1.97. The smallest absolute Gasteiger partial charge is 0.0629 e. The standard InChI is InChI=1S/C6H16N2O/c1-3-9-5-6(7)4-8-2/h6,8H,3-5,7H2,1-2H3. The van der Waals surface area contributed by atoms with Crippen molar-refractivity contribution in [3.8, 4) is 0 Å². The maximum atomic E-state index is 5.58.